The predicted octanol–water partition coefficient (Wildman–Crippen LogP) is 2.47. The molecule has 0 fully saturated rings. The fraction of sp³-hybridized carbons (Fsp3) is 0.467. The molecule has 0 aliphatic heterocycles. The number of carbonyl (C=O) groups excluding carboxylic acids is 1. The summed E-state index contributed by atoms with van der Waals surface area (Å²) < 4.78 is 13.8. The van der Waals surface area contributed by atoms with Crippen LogP contribution in [-0.2, 0) is 15.0 Å². The van der Waals surface area contributed by atoms with Crippen molar-refractivity contribution < 1.29 is 19.1 Å². The van der Waals surface area contributed by atoms with E-state index in [-0.39, 0.29) is 5.56 Å². The summed E-state index contributed by atoms with van der Waals surface area (Å²) in [5.74, 6) is -2.05. The Hall–Kier alpha value is -1.91. The van der Waals surface area contributed by atoms with Crippen LogP contribution in [0.3, 0.4) is 0 Å². The van der Waals surface area contributed by atoms with Crippen LogP contribution in [0.15, 0.2) is 24.3 Å². The van der Waals surface area contributed by atoms with Crippen molar-refractivity contribution in [3.8, 4) is 0 Å². The normalized spacial score (nSPS) is 12.8. The van der Waals surface area contributed by atoms with E-state index in [1.54, 1.807) is 26.0 Å². The summed E-state index contributed by atoms with van der Waals surface area (Å²) in [5, 5.41) is 11.5. The Bertz CT molecular complexity index is 500. The maximum atomic E-state index is 13.8. The third-order valence-electron chi connectivity index (χ3n) is 3.30. The van der Waals surface area contributed by atoms with Crippen LogP contribution in [0.4, 0.5) is 4.39 Å². The van der Waals surface area contributed by atoms with Gasteiger partial charge >= 0.3 is 5.97 Å². The van der Waals surface area contributed by atoms with E-state index in [1.807, 2.05) is 6.92 Å². The average Bonchev–Trinajstić information content (AvgIpc) is 2.38. The van der Waals surface area contributed by atoms with Crippen LogP contribution >= 0.6 is 0 Å². The fourth-order valence-corrected chi connectivity index (χ4v) is 1.98. The summed E-state index contributed by atoms with van der Waals surface area (Å²) in [4.78, 5) is 23.3. The Balaban J connectivity index is 2.95. The van der Waals surface area contributed by atoms with Crippen LogP contribution in [0.25, 0.3) is 0 Å². The first-order valence-corrected chi connectivity index (χ1v) is 6.59. The largest absolute Gasteiger partial charge is 0.480 e. The van der Waals surface area contributed by atoms with Crippen molar-refractivity contribution >= 4 is 11.9 Å². The van der Waals surface area contributed by atoms with Gasteiger partial charge < -0.3 is 10.4 Å². The molecule has 1 aromatic carbocycles. The molecular formula is C15H20FNO3. The minimum Gasteiger partial charge on any atom is -0.480 e. The first-order chi connectivity index (χ1) is 9.30. The maximum Gasteiger partial charge on any atom is 0.326 e. The van der Waals surface area contributed by atoms with E-state index in [2.05, 4.69) is 5.32 Å². The molecule has 1 unspecified atom stereocenters. The van der Waals surface area contributed by atoms with Gasteiger partial charge in [0.1, 0.15) is 11.9 Å². The molecular weight excluding hydrogens is 261 g/mol. The first kappa shape index (κ1) is 16.1. The topological polar surface area (TPSA) is 66.4 Å². The van der Waals surface area contributed by atoms with Crippen LogP contribution in [0.5, 0.6) is 0 Å². The molecule has 0 heterocycles. The molecule has 0 spiro atoms. The summed E-state index contributed by atoms with van der Waals surface area (Å²) in [5.41, 5.74) is -0.884. The lowest BCUT2D eigenvalue weighted by Crippen LogP contribution is -2.48. The molecule has 0 radical (unpaired) electrons. The lowest BCUT2D eigenvalue weighted by Gasteiger charge is -2.26. The zero-order valence-electron chi connectivity index (χ0n) is 11.9. The SMILES string of the molecule is CCCC(NC(=O)C(C)(C)c1ccccc1F)C(=O)O. The van der Waals surface area contributed by atoms with E-state index in [0.29, 0.717) is 12.8 Å². The number of halogens is 1. The van der Waals surface area contributed by atoms with E-state index in [0.717, 1.165) is 0 Å². The van der Waals surface area contributed by atoms with Crippen molar-refractivity contribution in [2.24, 2.45) is 0 Å². The molecule has 0 saturated carbocycles. The van der Waals surface area contributed by atoms with Crippen molar-refractivity contribution in [2.45, 2.75) is 45.1 Å². The second kappa shape index (κ2) is 6.50. The average molecular weight is 281 g/mol. The molecule has 0 aromatic heterocycles. The number of benzene rings is 1. The van der Waals surface area contributed by atoms with E-state index >= 15 is 0 Å². The number of aliphatic carboxylic acids is 1. The standard InChI is InChI=1S/C15H20FNO3/c1-4-7-12(13(18)19)17-14(20)15(2,3)10-8-5-6-9-11(10)16/h5-6,8-9,12H,4,7H2,1-3H3,(H,17,20)(H,18,19). The van der Waals surface area contributed by atoms with Gasteiger partial charge in [-0.1, -0.05) is 31.5 Å². The van der Waals surface area contributed by atoms with Crippen molar-refractivity contribution in [3.05, 3.63) is 35.6 Å². The molecule has 5 heteroatoms. The number of carboxylic acid groups (broad SMARTS) is 1. The van der Waals surface area contributed by atoms with Crippen molar-refractivity contribution in [3.63, 3.8) is 0 Å². The minimum atomic E-state index is -1.13. The Kier molecular flexibility index (Phi) is 5.25. The highest BCUT2D eigenvalue weighted by molar-refractivity contribution is 5.90. The van der Waals surface area contributed by atoms with Gasteiger partial charge in [-0.3, -0.25) is 4.79 Å². The fourth-order valence-electron chi connectivity index (χ4n) is 1.98. The second-order valence-corrected chi connectivity index (χ2v) is 5.26. The summed E-state index contributed by atoms with van der Waals surface area (Å²) in [6, 6.07) is 5.06. The van der Waals surface area contributed by atoms with Crippen molar-refractivity contribution in [1.29, 1.82) is 0 Å². The monoisotopic (exact) mass is 281 g/mol. The van der Waals surface area contributed by atoms with E-state index in [1.165, 1.54) is 12.1 Å². The Morgan fingerprint density at radius 1 is 1.35 bits per heavy atom. The van der Waals surface area contributed by atoms with Crippen LogP contribution in [0, 0.1) is 5.82 Å². The molecule has 2 N–H and O–H groups in total. The van der Waals surface area contributed by atoms with Gasteiger partial charge in [0.25, 0.3) is 0 Å². The van der Waals surface area contributed by atoms with Crippen LogP contribution < -0.4 is 5.32 Å². The van der Waals surface area contributed by atoms with E-state index in [4.69, 9.17) is 5.11 Å². The number of amides is 1. The van der Waals surface area contributed by atoms with Gasteiger partial charge in [-0.25, -0.2) is 9.18 Å². The molecule has 1 atom stereocenters. The molecule has 110 valence electrons. The minimum absolute atomic E-state index is 0.248. The Morgan fingerprint density at radius 2 is 1.95 bits per heavy atom. The number of carbonyl (C=O) groups is 2. The molecule has 0 aliphatic rings. The highest BCUT2D eigenvalue weighted by Gasteiger charge is 2.34. The second-order valence-electron chi connectivity index (χ2n) is 5.26. The molecule has 0 aliphatic carbocycles. The lowest BCUT2D eigenvalue weighted by molar-refractivity contribution is -0.142. The van der Waals surface area contributed by atoms with Gasteiger partial charge in [0.15, 0.2) is 0 Å². The van der Waals surface area contributed by atoms with Gasteiger partial charge in [-0.15, -0.1) is 0 Å². The lowest BCUT2D eigenvalue weighted by atomic mass is 9.83. The number of hydrogen-bond donors (Lipinski definition) is 2. The molecule has 0 saturated heterocycles. The van der Waals surface area contributed by atoms with Gasteiger partial charge in [-0.05, 0) is 26.3 Å². The number of carboxylic acids is 1. The van der Waals surface area contributed by atoms with Crippen molar-refractivity contribution in [2.75, 3.05) is 0 Å². The number of hydrogen-bond acceptors (Lipinski definition) is 2. The molecule has 4 nitrogen and oxygen atoms in total. The van der Waals surface area contributed by atoms with Gasteiger partial charge in [-0.2, -0.15) is 0 Å². The molecule has 0 bridgehead atoms. The van der Waals surface area contributed by atoms with Crippen LogP contribution in [-0.4, -0.2) is 23.0 Å². The summed E-state index contributed by atoms with van der Waals surface area (Å²) in [7, 11) is 0. The van der Waals surface area contributed by atoms with Crippen LogP contribution in [0.1, 0.15) is 39.2 Å². The predicted molar refractivity (Wildman–Crippen MR) is 73.9 cm³/mol. The Labute approximate surface area is 118 Å². The first-order valence-electron chi connectivity index (χ1n) is 6.59. The highest BCUT2D eigenvalue weighted by Crippen LogP contribution is 2.26. The maximum absolute atomic E-state index is 13.8. The molecule has 20 heavy (non-hydrogen) atoms. The quantitative estimate of drug-likeness (QED) is 0.841. The zero-order valence-corrected chi connectivity index (χ0v) is 11.9. The molecule has 1 aromatic rings. The Morgan fingerprint density at radius 3 is 2.45 bits per heavy atom. The third kappa shape index (κ3) is 3.56. The number of nitrogens with one attached hydrogen (secondary N) is 1. The summed E-state index contributed by atoms with van der Waals surface area (Å²) in [6.07, 6.45) is 0.978. The summed E-state index contributed by atoms with van der Waals surface area (Å²) >= 11 is 0. The summed E-state index contributed by atoms with van der Waals surface area (Å²) in [6.45, 7) is 4.99. The smallest absolute Gasteiger partial charge is 0.326 e. The van der Waals surface area contributed by atoms with Crippen molar-refractivity contribution in [1.82, 2.24) is 5.32 Å². The van der Waals surface area contributed by atoms with Gasteiger partial charge in [0.2, 0.25) is 5.91 Å². The number of rotatable bonds is 6. The van der Waals surface area contributed by atoms with Crippen LogP contribution in [0.2, 0.25) is 0 Å². The van der Waals surface area contributed by atoms with Gasteiger partial charge in [0.05, 0.1) is 5.41 Å². The zero-order chi connectivity index (χ0) is 15.3. The van der Waals surface area contributed by atoms with E-state index in [9.17, 15) is 14.0 Å². The third-order valence-corrected chi connectivity index (χ3v) is 3.30. The molecule has 1 rings (SSSR count). The highest BCUT2D eigenvalue weighted by atomic mass is 19.1. The molecule has 1 amide bonds. The van der Waals surface area contributed by atoms with Gasteiger partial charge in [0, 0.05) is 5.56 Å². The van der Waals surface area contributed by atoms with E-state index < -0.39 is 29.2 Å².